The Morgan fingerprint density at radius 2 is 1.73 bits per heavy atom. The number of carbonyl (C=O) groups is 2. The third-order valence-corrected chi connectivity index (χ3v) is 5.20. The lowest BCUT2D eigenvalue weighted by atomic mass is 10.1. The molecule has 2 aromatic carbocycles. The number of Topliss-reactive ketones (excluding diaryl/α,β-unsaturated/α-hetero) is 1. The van der Waals surface area contributed by atoms with Gasteiger partial charge in [-0.3, -0.25) is 13.9 Å². The smallest absolute Gasteiger partial charge is 0.247 e. The van der Waals surface area contributed by atoms with Crippen molar-refractivity contribution in [2.45, 2.75) is 19.9 Å². The number of nitrogens with zero attached hydrogens (tertiary/aromatic N) is 1. The van der Waals surface area contributed by atoms with E-state index in [9.17, 15) is 18.0 Å². The predicted octanol–water partition coefficient (Wildman–Crippen LogP) is 3.34. The van der Waals surface area contributed by atoms with E-state index < -0.39 is 22.0 Å². The van der Waals surface area contributed by atoms with Crippen LogP contribution < -0.4 is 9.62 Å². The van der Waals surface area contributed by atoms with E-state index in [0.717, 1.165) is 10.6 Å². The van der Waals surface area contributed by atoms with Gasteiger partial charge >= 0.3 is 0 Å². The summed E-state index contributed by atoms with van der Waals surface area (Å²) >= 11 is 5.85. The molecule has 6 nitrogen and oxygen atoms in total. The summed E-state index contributed by atoms with van der Waals surface area (Å²) in [6, 6.07) is 11.6. The van der Waals surface area contributed by atoms with Crippen LogP contribution in [0.1, 0.15) is 24.2 Å². The normalized spacial score (nSPS) is 12.3. The van der Waals surface area contributed by atoms with Crippen LogP contribution in [0.5, 0.6) is 0 Å². The van der Waals surface area contributed by atoms with Crippen LogP contribution in [-0.4, -0.2) is 32.4 Å². The summed E-state index contributed by atoms with van der Waals surface area (Å²) in [5.74, 6) is -0.654. The van der Waals surface area contributed by atoms with E-state index >= 15 is 0 Å². The molecule has 2 aromatic rings. The van der Waals surface area contributed by atoms with Crippen LogP contribution in [0.3, 0.4) is 0 Å². The molecule has 1 amide bonds. The van der Waals surface area contributed by atoms with E-state index in [-0.39, 0.29) is 5.78 Å². The fraction of sp³-hybridized carbons (Fsp3) is 0.222. The van der Waals surface area contributed by atoms with Crippen molar-refractivity contribution in [1.82, 2.24) is 0 Å². The second kappa shape index (κ2) is 7.88. The van der Waals surface area contributed by atoms with Gasteiger partial charge in [-0.2, -0.15) is 0 Å². The number of nitrogens with one attached hydrogen (secondary N) is 1. The average Bonchev–Trinajstić information content (AvgIpc) is 2.55. The number of amides is 1. The second-order valence-corrected chi connectivity index (χ2v) is 8.13. The first-order chi connectivity index (χ1) is 12.1. The minimum absolute atomic E-state index is 0.131. The van der Waals surface area contributed by atoms with Crippen molar-refractivity contribution >= 4 is 44.7 Å². The molecule has 26 heavy (non-hydrogen) atoms. The molecule has 0 unspecified atom stereocenters. The van der Waals surface area contributed by atoms with Crippen molar-refractivity contribution in [2.75, 3.05) is 15.9 Å². The van der Waals surface area contributed by atoms with Crippen LogP contribution in [0.25, 0.3) is 0 Å². The molecule has 0 aliphatic rings. The van der Waals surface area contributed by atoms with Gasteiger partial charge in [-0.05, 0) is 50.2 Å². The van der Waals surface area contributed by atoms with Crippen LogP contribution in [-0.2, 0) is 14.8 Å². The number of rotatable bonds is 6. The fourth-order valence-electron chi connectivity index (χ4n) is 2.46. The van der Waals surface area contributed by atoms with Crippen molar-refractivity contribution in [3.63, 3.8) is 0 Å². The number of carbonyl (C=O) groups excluding carboxylic acids is 2. The van der Waals surface area contributed by atoms with Gasteiger partial charge in [0.05, 0.1) is 11.9 Å². The topological polar surface area (TPSA) is 83.6 Å². The number of benzene rings is 2. The molecule has 2 rings (SSSR count). The maximum absolute atomic E-state index is 12.6. The van der Waals surface area contributed by atoms with E-state index in [1.165, 1.54) is 26.0 Å². The van der Waals surface area contributed by atoms with Crippen molar-refractivity contribution in [3.8, 4) is 0 Å². The number of anilines is 2. The number of hydrogen-bond acceptors (Lipinski definition) is 4. The minimum atomic E-state index is -3.71. The number of ketones is 1. The highest BCUT2D eigenvalue weighted by molar-refractivity contribution is 7.92. The molecule has 0 heterocycles. The molecule has 0 aromatic heterocycles. The largest absolute Gasteiger partial charge is 0.324 e. The highest BCUT2D eigenvalue weighted by atomic mass is 35.5. The van der Waals surface area contributed by atoms with Crippen molar-refractivity contribution < 1.29 is 18.0 Å². The standard InChI is InChI=1S/C18H19ClN2O4S/c1-12(18(23)20-16-6-4-5-14(11-16)13(2)22)21(26(3,24)25)17-9-7-15(19)8-10-17/h4-12H,1-3H3,(H,20,23)/t12-/m0/s1. The summed E-state index contributed by atoms with van der Waals surface area (Å²) in [6.07, 6.45) is 1.03. The zero-order valence-corrected chi connectivity index (χ0v) is 16.1. The van der Waals surface area contributed by atoms with Gasteiger partial charge in [0.1, 0.15) is 6.04 Å². The molecule has 0 fully saturated rings. The number of hydrogen-bond donors (Lipinski definition) is 1. The Kier molecular flexibility index (Phi) is 6.05. The molecule has 1 N–H and O–H groups in total. The first-order valence-electron chi connectivity index (χ1n) is 7.76. The third-order valence-electron chi connectivity index (χ3n) is 3.71. The zero-order chi connectivity index (χ0) is 19.5. The molecule has 0 aliphatic heterocycles. The molecular weight excluding hydrogens is 376 g/mol. The summed E-state index contributed by atoms with van der Waals surface area (Å²) in [6.45, 7) is 2.91. The maximum atomic E-state index is 12.6. The van der Waals surface area contributed by atoms with E-state index in [1.54, 1.807) is 36.4 Å². The quantitative estimate of drug-likeness (QED) is 0.761. The lowest BCUT2D eigenvalue weighted by molar-refractivity contribution is -0.116. The Morgan fingerprint density at radius 1 is 1.12 bits per heavy atom. The molecule has 0 saturated heterocycles. The summed E-state index contributed by atoms with van der Waals surface area (Å²) in [5.41, 5.74) is 1.20. The number of halogens is 1. The molecule has 0 bridgehead atoms. The predicted molar refractivity (Wildman–Crippen MR) is 103 cm³/mol. The van der Waals surface area contributed by atoms with E-state index in [1.807, 2.05) is 0 Å². The highest BCUT2D eigenvalue weighted by Gasteiger charge is 2.29. The SMILES string of the molecule is CC(=O)c1cccc(NC(=O)[C@H](C)N(c2ccc(Cl)cc2)S(C)(=O)=O)c1. The first kappa shape index (κ1) is 19.9. The fourth-order valence-corrected chi connectivity index (χ4v) is 3.76. The van der Waals surface area contributed by atoms with E-state index in [0.29, 0.717) is 22.0 Å². The second-order valence-electron chi connectivity index (χ2n) is 5.84. The van der Waals surface area contributed by atoms with Crippen LogP contribution in [0, 0.1) is 0 Å². The molecular formula is C18H19ClN2O4S. The molecule has 0 saturated carbocycles. The Morgan fingerprint density at radius 3 is 2.27 bits per heavy atom. The van der Waals surface area contributed by atoms with Gasteiger partial charge in [0.25, 0.3) is 0 Å². The molecule has 0 radical (unpaired) electrons. The Hall–Kier alpha value is -2.38. The summed E-state index contributed by atoms with van der Waals surface area (Å²) in [5, 5.41) is 3.11. The molecule has 138 valence electrons. The van der Waals surface area contributed by atoms with Gasteiger partial charge in [0.15, 0.2) is 5.78 Å². The maximum Gasteiger partial charge on any atom is 0.247 e. The van der Waals surface area contributed by atoms with Gasteiger partial charge in [0, 0.05) is 16.3 Å². The first-order valence-corrected chi connectivity index (χ1v) is 9.99. The minimum Gasteiger partial charge on any atom is -0.324 e. The van der Waals surface area contributed by atoms with Gasteiger partial charge in [-0.1, -0.05) is 23.7 Å². The van der Waals surface area contributed by atoms with Crippen LogP contribution in [0.4, 0.5) is 11.4 Å². The van der Waals surface area contributed by atoms with Crippen LogP contribution >= 0.6 is 11.6 Å². The van der Waals surface area contributed by atoms with Gasteiger partial charge < -0.3 is 5.32 Å². The summed E-state index contributed by atoms with van der Waals surface area (Å²) in [7, 11) is -3.71. The number of sulfonamides is 1. The molecule has 1 atom stereocenters. The summed E-state index contributed by atoms with van der Waals surface area (Å²) in [4.78, 5) is 24.1. The lowest BCUT2D eigenvalue weighted by Crippen LogP contribution is -2.45. The van der Waals surface area contributed by atoms with E-state index in [2.05, 4.69) is 5.32 Å². The molecule has 0 aliphatic carbocycles. The highest BCUT2D eigenvalue weighted by Crippen LogP contribution is 2.23. The van der Waals surface area contributed by atoms with Crippen molar-refractivity contribution in [1.29, 1.82) is 0 Å². The van der Waals surface area contributed by atoms with Gasteiger partial charge in [-0.25, -0.2) is 8.42 Å². The average molecular weight is 395 g/mol. The van der Waals surface area contributed by atoms with Gasteiger partial charge in [-0.15, -0.1) is 0 Å². The van der Waals surface area contributed by atoms with E-state index in [4.69, 9.17) is 11.6 Å². The zero-order valence-electron chi connectivity index (χ0n) is 14.6. The van der Waals surface area contributed by atoms with Gasteiger partial charge in [0.2, 0.25) is 15.9 Å². The monoisotopic (exact) mass is 394 g/mol. The summed E-state index contributed by atoms with van der Waals surface area (Å²) < 4.78 is 25.5. The Labute approximate surface area is 157 Å². The Bertz CT molecular complexity index is 926. The van der Waals surface area contributed by atoms with Crippen molar-refractivity contribution in [2.24, 2.45) is 0 Å². The van der Waals surface area contributed by atoms with Crippen molar-refractivity contribution in [3.05, 3.63) is 59.1 Å². The van der Waals surface area contributed by atoms with Crippen LogP contribution in [0.2, 0.25) is 5.02 Å². The molecule has 0 spiro atoms. The molecule has 8 heteroatoms. The third kappa shape index (κ3) is 4.83. The lowest BCUT2D eigenvalue weighted by Gasteiger charge is -2.28. The Balaban J connectivity index is 2.29. The van der Waals surface area contributed by atoms with Crippen LogP contribution in [0.15, 0.2) is 48.5 Å².